The lowest BCUT2D eigenvalue weighted by molar-refractivity contribution is -0.694. The molecule has 0 N–H and O–H groups in total. The fourth-order valence-electron chi connectivity index (χ4n) is 3.12. The van der Waals surface area contributed by atoms with E-state index in [-0.39, 0.29) is 33.0 Å². The summed E-state index contributed by atoms with van der Waals surface area (Å²) in [4.78, 5) is 2.28. The van der Waals surface area contributed by atoms with E-state index >= 15 is 0 Å². The minimum Gasteiger partial charge on any atom is -1.00 e. The van der Waals surface area contributed by atoms with E-state index in [4.69, 9.17) is 23.2 Å². The van der Waals surface area contributed by atoms with Crippen molar-refractivity contribution >= 4 is 50.3 Å². The van der Waals surface area contributed by atoms with Crippen molar-refractivity contribution in [2.75, 3.05) is 32.1 Å². The van der Waals surface area contributed by atoms with E-state index < -0.39 is 10.0 Å². The Kier molecular flexibility index (Phi) is 10.3. The Hall–Kier alpha value is -2.23. The number of likely N-dealkylation sites (N-methyl/N-ethyl adjacent to an activating group) is 1. The van der Waals surface area contributed by atoms with E-state index in [0.717, 1.165) is 29.6 Å². The molecular weight excluding hydrogens is 517 g/mol. The van der Waals surface area contributed by atoms with Crippen LogP contribution in [0.25, 0.3) is 0 Å². The molecule has 0 aliphatic rings. The molecule has 0 aliphatic carbocycles. The van der Waals surface area contributed by atoms with Crippen molar-refractivity contribution in [2.24, 2.45) is 10.2 Å². The lowest BCUT2D eigenvalue weighted by atomic mass is 10.2. The number of nitrogens with zero attached hydrogens (tertiary/aromatic N) is 5. The summed E-state index contributed by atoms with van der Waals surface area (Å²) in [6.07, 6.45) is 4.10. The van der Waals surface area contributed by atoms with Crippen LogP contribution in [-0.2, 0) is 16.6 Å². The zero-order valence-corrected chi connectivity index (χ0v) is 22.2. The van der Waals surface area contributed by atoms with Crippen LogP contribution in [0.1, 0.15) is 6.92 Å². The fourth-order valence-corrected chi connectivity index (χ4v) is 4.77. The predicted octanol–water partition coefficient (Wildman–Crippen LogP) is 2.48. The number of pyridine rings is 1. The highest BCUT2D eigenvalue weighted by Crippen LogP contribution is 2.37. The third-order valence-corrected chi connectivity index (χ3v) is 7.41. The molecule has 11 heteroatoms. The van der Waals surface area contributed by atoms with Gasteiger partial charge in [-0.25, -0.2) is 17.3 Å². The maximum atomic E-state index is 12.3. The molecule has 7 nitrogen and oxygen atoms in total. The number of halogens is 3. The highest BCUT2D eigenvalue weighted by atomic mass is 35.5. The van der Waals surface area contributed by atoms with Crippen LogP contribution in [-0.4, -0.2) is 39.9 Å². The second-order valence-corrected chi connectivity index (χ2v) is 10.4. The van der Waals surface area contributed by atoms with Gasteiger partial charge in [0, 0.05) is 38.5 Å². The van der Waals surface area contributed by atoms with Crippen LogP contribution in [0.4, 0.5) is 17.1 Å². The minimum atomic E-state index is -3.66. The van der Waals surface area contributed by atoms with Crippen LogP contribution in [0.5, 0.6) is 0 Å². The van der Waals surface area contributed by atoms with E-state index in [1.54, 1.807) is 0 Å². The summed E-state index contributed by atoms with van der Waals surface area (Å²) >= 11 is 12.5. The van der Waals surface area contributed by atoms with Crippen molar-refractivity contribution < 1.29 is 25.4 Å². The highest BCUT2D eigenvalue weighted by molar-refractivity contribution is 7.89. The molecule has 1 aromatic heterocycles. The smallest absolute Gasteiger partial charge is 0.242 e. The fraction of sp³-hybridized carbons (Fsp3) is 0.261. The Morgan fingerprint density at radius 3 is 2.06 bits per heavy atom. The first-order chi connectivity index (χ1) is 15.7. The third-order valence-electron chi connectivity index (χ3n) is 5.04. The summed E-state index contributed by atoms with van der Waals surface area (Å²) in [5, 5.41) is 8.59. The van der Waals surface area contributed by atoms with Crippen LogP contribution < -0.4 is 21.9 Å². The molecule has 0 saturated carbocycles. The van der Waals surface area contributed by atoms with Crippen molar-refractivity contribution in [1.29, 1.82) is 0 Å². The van der Waals surface area contributed by atoms with Gasteiger partial charge in [-0.15, -0.1) is 5.11 Å². The quantitative estimate of drug-likeness (QED) is 0.308. The van der Waals surface area contributed by atoms with Crippen molar-refractivity contribution in [3.8, 4) is 0 Å². The van der Waals surface area contributed by atoms with E-state index in [0.29, 0.717) is 5.69 Å². The van der Waals surface area contributed by atoms with Gasteiger partial charge in [0.25, 0.3) is 0 Å². The highest BCUT2D eigenvalue weighted by Gasteiger charge is 2.20. The molecule has 3 rings (SSSR count). The van der Waals surface area contributed by atoms with Gasteiger partial charge in [0.15, 0.2) is 18.9 Å². The van der Waals surface area contributed by atoms with Crippen molar-refractivity contribution in [1.82, 2.24) is 4.31 Å². The van der Waals surface area contributed by atoms with E-state index in [1.807, 2.05) is 42.5 Å². The normalized spacial score (nSPS) is 11.6. The van der Waals surface area contributed by atoms with Gasteiger partial charge >= 0.3 is 0 Å². The Labute approximate surface area is 217 Å². The molecule has 0 atom stereocenters. The van der Waals surface area contributed by atoms with Crippen molar-refractivity contribution in [2.45, 2.75) is 18.4 Å². The van der Waals surface area contributed by atoms with Crippen LogP contribution in [0.15, 0.2) is 82.1 Å². The first-order valence-electron chi connectivity index (χ1n) is 10.3. The second kappa shape index (κ2) is 12.5. The van der Waals surface area contributed by atoms with Gasteiger partial charge < -0.3 is 17.3 Å². The molecule has 0 saturated heterocycles. The van der Waals surface area contributed by atoms with Crippen molar-refractivity contribution in [3.05, 3.63) is 77.0 Å². The maximum absolute atomic E-state index is 12.3. The Morgan fingerprint density at radius 1 is 0.941 bits per heavy atom. The van der Waals surface area contributed by atoms with E-state index in [1.165, 1.54) is 26.2 Å². The molecule has 0 radical (unpaired) electrons. The molecule has 3 aromatic rings. The number of benzene rings is 2. The Balaban J connectivity index is 0.00000408. The summed E-state index contributed by atoms with van der Waals surface area (Å²) < 4.78 is 27.9. The molecule has 0 bridgehead atoms. The average molecular weight is 543 g/mol. The van der Waals surface area contributed by atoms with Gasteiger partial charge in [-0.3, -0.25) is 0 Å². The van der Waals surface area contributed by atoms with Gasteiger partial charge in [0.2, 0.25) is 10.0 Å². The average Bonchev–Trinajstić information content (AvgIpc) is 2.80. The molecule has 0 aliphatic heterocycles. The Bertz CT molecular complexity index is 1200. The number of anilines is 1. The van der Waals surface area contributed by atoms with Crippen molar-refractivity contribution in [3.63, 3.8) is 0 Å². The van der Waals surface area contributed by atoms with Crippen LogP contribution in [0, 0.1) is 0 Å². The zero-order valence-electron chi connectivity index (χ0n) is 19.1. The summed E-state index contributed by atoms with van der Waals surface area (Å²) in [6.45, 7) is 4.75. The summed E-state index contributed by atoms with van der Waals surface area (Å²) in [5.41, 5.74) is 1.93. The predicted molar refractivity (Wildman–Crippen MR) is 132 cm³/mol. The number of hydrogen-bond donors (Lipinski definition) is 0. The topological polar surface area (TPSA) is 69.2 Å². The maximum Gasteiger partial charge on any atom is 0.242 e. The number of azo groups is 1. The second-order valence-electron chi connectivity index (χ2n) is 7.43. The summed E-state index contributed by atoms with van der Waals surface area (Å²) in [6, 6.07) is 16.4. The largest absolute Gasteiger partial charge is 1.00 e. The molecule has 0 amide bonds. The van der Waals surface area contributed by atoms with Gasteiger partial charge in [-0.2, -0.15) is 5.11 Å². The standard InChI is InChI=1S/C23H26Cl2N5O2S.ClH/c1-4-30(15-14-29-12-6-5-7-13-29)19-10-8-18(9-11-19)26-27-23-21(24)16-20(17-22(23)25)33(31,32)28(2)3;/h5-13,16-17H,4,14-15H2,1-3H3;1H/q+1;/p-1. The molecule has 2 aromatic carbocycles. The first-order valence-corrected chi connectivity index (χ1v) is 12.5. The minimum absolute atomic E-state index is 0. The first kappa shape index (κ1) is 28.0. The number of sulfonamides is 1. The molecule has 34 heavy (non-hydrogen) atoms. The van der Waals surface area contributed by atoms with E-state index in [2.05, 4.69) is 39.0 Å². The SMILES string of the molecule is CCN(CC[n+]1ccccc1)c1ccc(N=Nc2c(Cl)cc(S(=O)(=O)N(C)C)cc2Cl)cc1.[Cl-]. The van der Waals surface area contributed by atoms with Gasteiger partial charge in [0.1, 0.15) is 5.69 Å². The monoisotopic (exact) mass is 541 g/mol. The van der Waals surface area contributed by atoms with E-state index in [9.17, 15) is 8.42 Å². The molecule has 0 unspecified atom stereocenters. The molecular formula is C23H26Cl3N5O2S. The third kappa shape index (κ3) is 6.90. The zero-order chi connectivity index (χ0) is 24.0. The lowest BCUT2D eigenvalue weighted by Gasteiger charge is -2.21. The molecule has 0 spiro atoms. The molecule has 0 fully saturated rings. The summed E-state index contributed by atoms with van der Waals surface area (Å²) in [5.74, 6) is 0. The number of aromatic nitrogens is 1. The van der Waals surface area contributed by atoms with Gasteiger partial charge in [-0.05, 0) is 43.3 Å². The summed E-state index contributed by atoms with van der Waals surface area (Å²) in [7, 11) is -0.780. The van der Waals surface area contributed by atoms with Crippen LogP contribution in [0.3, 0.4) is 0 Å². The van der Waals surface area contributed by atoms with Crippen LogP contribution >= 0.6 is 23.2 Å². The molecule has 1 heterocycles. The van der Waals surface area contributed by atoms with Gasteiger partial charge in [-0.1, -0.05) is 29.3 Å². The number of rotatable bonds is 9. The van der Waals surface area contributed by atoms with Gasteiger partial charge in [0.05, 0.1) is 27.2 Å². The van der Waals surface area contributed by atoms with Crippen LogP contribution in [0.2, 0.25) is 10.0 Å². The number of hydrogen-bond acceptors (Lipinski definition) is 5. The Morgan fingerprint density at radius 2 is 1.53 bits per heavy atom. The molecule has 182 valence electrons. The lowest BCUT2D eigenvalue weighted by Crippen LogP contribution is -3.00.